The highest BCUT2D eigenvalue weighted by molar-refractivity contribution is 5.95. The van der Waals surface area contributed by atoms with Gasteiger partial charge in [-0.05, 0) is 43.5 Å². The van der Waals surface area contributed by atoms with E-state index in [1.165, 1.54) is 0 Å². The molecule has 4 rings (SSSR count). The van der Waals surface area contributed by atoms with E-state index in [0.717, 1.165) is 16.8 Å². The van der Waals surface area contributed by atoms with E-state index in [2.05, 4.69) is 24.0 Å². The van der Waals surface area contributed by atoms with Crippen molar-refractivity contribution in [1.82, 2.24) is 14.8 Å². The number of nitrogens with one attached hydrogen (secondary N) is 1. The van der Waals surface area contributed by atoms with E-state index in [4.69, 9.17) is 9.90 Å². The van der Waals surface area contributed by atoms with Crippen LogP contribution in [0.5, 0.6) is 0 Å². The molecule has 1 aromatic heterocycles. The Labute approximate surface area is 186 Å². The quantitative estimate of drug-likeness (QED) is 0.698. The molecule has 170 valence electrons. The minimum absolute atomic E-state index is 0.0334. The number of hydrogen-bond acceptors (Lipinski definition) is 4. The van der Waals surface area contributed by atoms with E-state index in [0.29, 0.717) is 25.2 Å². The van der Waals surface area contributed by atoms with Gasteiger partial charge < -0.3 is 19.9 Å². The standard InChI is InChI=1S/C23H27N3O3.CH2O2/c1-13-7-5-6-8-18(13)21-19-12-25(10-17(19)11-26(21)16(4)27)23(29)20-14(2)9-15(3)24-22(20)28;2-1-3/h5-9,17,19,21H,10-12H2,1-4H3,(H,24,28);1H,(H,2,3)/t17-,19-,21+;/m1./s1. The van der Waals surface area contributed by atoms with E-state index < -0.39 is 0 Å². The van der Waals surface area contributed by atoms with Crippen LogP contribution >= 0.6 is 0 Å². The lowest BCUT2D eigenvalue weighted by Crippen LogP contribution is -2.38. The van der Waals surface area contributed by atoms with Crippen LogP contribution in [-0.2, 0) is 9.59 Å². The minimum atomic E-state index is -0.328. The number of aromatic amines is 1. The molecule has 2 aliphatic rings. The lowest BCUT2D eigenvalue weighted by Gasteiger charge is -2.30. The summed E-state index contributed by atoms with van der Waals surface area (Å²) >= 11 is 0. The van der Waals surface area contributed by atoms with Gasteiger partial charge in [0.05, 0.1) is 6.04 Å². The number of carboxylic acid groups (broad SMARTS) is 1. The number of aromatic nitrogens is 1. The van der Waals surface area contributed by atoms with Crippen LogP contribution in [0, 0.1) is 32.6 Å². The lowest BCUT2D eigenvalue weighted by molar-refractivity contribution is -0.130. The Morgan fingerprint density at radius 1 is 1.09 bits per heavy atom. The molecule has 1 aromatic carbocycles. The summed E-state index contributed by atoms with van der Waals surface area (Å²) in [4.78, 5) is 52.8. The Morgan fingerprint density at radius 3 is 2.34 bits per heavy atom. The average Bonchev–Trinajstić information content (AvgIpc) is 3.26. The van der Waals surface area contributed by atoms with Crippen molar-refractivity contribution in [2.24, 2.45) is 11.8 Å². The van der Waals surface area contributed by atoms with Crippen LogP contribution < -0.4 is 5.56 Å². The van der Waals surface area contributed by atoms with Gasteiger partial charge in [0.15, 0.2) is 0 Å². The van der Waals surface area contributed by atoms with Gasteiger partial charge in [-0.1, -0.05) is 24.3 Å². The van der Waals surface area contributed by atoms with Gasteiger partial charge in [0, 0.05) is 44.1 Å². The van der Waals surface area contributed by atoms with Crippen LogP contribution in [0.1, 0.15) is 45.7 Å². The molecule has 3 atom stereocenters. The third-order valence-electron chi connectivity index (χ3n) is 6.44. The highest BCUT2D eigenvalue weighted by atomic mass is 16.3. The van der Waals surface area contributed by atoms with Gasteiger partial charge >= 0.3 is 0 Å². The van der Waals surface area contributed by atoms with Crippen molar-refractivity contribution in [2.45, 2.75) is 33.7 Å². The van der Waals surface area contributed by atoms with Crippen molar-refractivity contribution in [1.29, 1.82) is 0 Å². The number of benzene rings is 1. The molecule has 32 heavy (non-hydrogen) atoms. The highest BCUT2D eigenvalue weighted by Crippen LogP contribution is 2.46. The van der Waals surface area contributed by atoms with Crippen molar-refractivity contribution >= 4 is 18.3 Å². The molecule has 2 N–H and O–H groups in total. The third kappa shape index (κ3) is 4.30. The van der Waals surface area contributed by atoms with Gasteiger partial charge in [0.25, 0.3) is 17.9 Å². The molecule has 0 radical (unpaired) electrons. The first-order valence-electron chi connectivity index (χ1n) is 10.6. The summed E-state index contributed by atoms with van der Waals surface area (Å²) in [5.74, 6) is 0.249. The molecule has 2 saturated heterocycles. The molecular weight excluding hydrogens is 410 g/mol. The molecule has 8 nitrogen and oxygen atoms in total. The van der Waals surface area contributed by atoms with Crippen molar-refractivity contribution in [2.75, 3.05) is 19.6 Å². The number of amides is 2. The van der Waals surface area contributed by atoms with Crippen molar-refractivity contribution in [3.05, 3.63) is 68.6 Å². The Balaban J connectivity index is 0.000000913. The van der Waals surface area contributed by atoms with Gasteiger partial charge in [-0.3, -0.25) is 19.2 Å². The number of H-pyrrole nitrogens is 1. The zero-order valence-electron chi connectivity index (χ0n) is 18.8. The van der Waals surface area contributed by atoms with E-state index >= 15 is 0 Å². The molecule has 2 amide bonds. The molecule has 2 aliphatic heterocycles. The van der Waals surface area contributed by atoms with Crippen LogP contribution in [0.4, 0.5) is 0 Å². The normalized spacial score (nSPS) is 21.6. The molecule has 8 heteroatoms. The monoisotopic (exact) mass is 439 g/mol. The largest absolute Gasteiger partial charge is 0.483 e. The number of carbonyl (C=O) groups excluding carboxylic acids is 2. The fourth-order valence-electron chi connectivity index (χ4n) is 5.13. The number of pyridine rings is 1. The fourth-order valence-corrected chi connectivity index (χ4v) is 5.13. The number of hydrogen-bond donors (Lipinski definition) is 2. The number of rotatable bonds is 2. The number of aryl methyl sites for hydroxylation is 3. The Bertz CT molecular complexity index is 1090. The SMILES string of the molecule is CC(=O)N1C[C@H]2CN(C(=O)c3c(C)cc(C)[nH]c3=O)C[C@H]2[C@@H]1c1ccccc1C.O=CO. The molecule has 3 heterocycles. The summed E-state index contributed by atoms with van der Waals surface area (Å²) in [6.45, 7) is 8.82. The van der Waals surface area contributed by atoms with Crippen LogP contribution in [-0.4, -0.2) is 57.8 Å². The van der Waals surface area contributed by atoms with Crippen LogP contribution in [0.2, 0.25) is 0 Å². The molecule has 0 unspecified atom stereocenters. The van der Waals surface area contributed by atoms with Crippen LogP contribution in [0.25, 0.3) is 0 Å². The Morgan fingerprint density at radius 2 is 1.75 bits per heavy atom. The zero-order chi connectivity index (χ0) is 23.6. The molecular formula is C24H29N3O5. The minimum Gasteiger partial charge on any atom is -0.483 e. The maximum Gasteiger partial charge on any atom is 0.290 e. The van der Waals surface area contributed by atoms with Crippen molar-refractivity contribution < 1.29 is 19.5 Å². The summed E-state index contributed by atoms with van der Waals surface area (Å²) in [7, 11) is 0. The average molecular weight is 440 g/mol. The van der Waals surface area contributed by atoms with Crippen LogP contribution in [0.15, 0.2) is 35.1 Å². The number of fused-ring (bicyclic) bond motifs is 1. The highest BCUT2D eigenvalue weighted by Gasteiger charge is 2.50. The first kappa shape index (κ1) is 23.2. The van der Waals surface area contributed by atoms with E-state index in [1.807, 2.05) is 30.0 Å². The number of nitrogens with zero attached hydrogens (tertiary/aromatic N) is 2. The van der Waals surface area contributed by atoms with Gasteiger partial charge in [-0.25, -0.2) is 0 Å². The van der Waals surface area contributed by atoms with Crippen molar-refractivity contribution in [3.8, 4) is 0 Å². The second-order valence-corrected chi connectivity index (χ2v) is 8.55. The first-order valence-corrected chi connectivity index (χ1v) is 10.6. The molecule has 2 aromatic rings. The number of carbonyl (C=O) groups is 3. The van der Waals surface area contributed by atoms with Gasteiger partial charge in [-0.2, -0.15) is 0 Å². The molecule has 0 saturated carbocycles. The molecule has 0 aliphatic carbocycles. The topological polar surface area (TPSA) is 111 Å². The predicted molar refractivity (Wildman–Crippen MR) is 119 cm³/mol. The third-order valence-corrected chi connectivity index (χ3v) is 6.44. The molecule has 2 fully saturated rings. The van der Waals surface area contributed by atoms with Gasteiger partial charge in [-0.15, -0.1) is 0 Å². The van der Waals surface area contributed by atoms with Gasteiger partial charge in [0.1, 0.15) is 5.56 Å². The second kappa shape index (κ2) is 9.38. The summed E-state index contributed by atoms with van der Waals surface area (Å²) in [5.41, 5.74) is 3.65. The molecule has 0 bridgehead atoms. The summed E-state index contributed by atoms with van der Waals surface area (Å²) in [6, 6.07) is 9.94. The summed E-state index contributed by atoms with van der Waals surface area (Å²) in [6.07, 6.45) is 0. The maximum atomic E-state index is 13.2. The molecule has 0 spiro atoms. The summed E-state index contributed by atoms with van der Waals surface area (Å²) in [5, 5.41) is 6.89. The number of likely N-dealkylation sites (tertiary alicyclic amines) is 2. The van der Waals surface area contributed by atoms with Crippen LogP contribution in [0.3, 0.4) is 0 Å². The summed E-state index contributed by atoms with van der Waals surface area (Å²) < 4.78 is 0. The zero-order valence-corrected chi connectivity index (χ0v) is 18.8. The van der Waals surface area contributed by atoms with Gasteiger partial charge in [0.2, 0.25) is 5.91 Å². The van der Waals surface area contributed by atoms with E-state index in [-0.39, 0.29) is 47.3 Å². The van der Waals surface area contributed by atoms with E-state index in [9.17, 15) is 14.4 Å². The Hall–Kier alpha value is -3.42. The second-order valence-electron chi connectivity index (χ2n) is 8.55. The maximum absolute atomic E-state index is 13.2. The fraction of sp³-hybridized carbons (Fsp3) is 0.417. The lowest BCUT2D eigenvalue weighted by atomic mass is 9.87. The Kier molecular flexibility index (Phi) is 6.81. The van der Waals surface area contributed by atoms with E-state index in [1.54, 1.807) is 18.7 Å². The predicted octanol–water partition coefficient (Wildman–Crippen LogP) is 2.29. The first-order chi connectivity index (χ1) is 15.2. The van der Waals surface area contributed by atoms with Crippen molar-refractivity contribution in [3.63, 3.8) is 0 Å². The smallest absolute Gasteiger partial charge is 0.290 e.